The van der Waals surface area contributed by atoms with Crippen LogP contribution in [0.3, 0.4) is 0 Å². The third kappa shape index (κ3) is 2.11. The zero-order valence-electron chi connectivity index (χ0n) is 9.83. The Labute approximate surface area is 97.1 Å². The van der Waals surface area contributed by atoms with E-state index < -0.39 is 0 Å². The van der Waals surface area contributed by atoms with E-state index in [1.807, 2.05) is 18.2 Å². The molecule has 1 N–H and O–H groups in total. The quantitative estimate of drug-likeness (QED) is 0.755. The van der Waals surface area contributed by atoms with Gasteiger partial charge in [-0.3, -0.25) is 4.79 Å². The van der Waals surface area contributed by atoms with Crippen molar-refractivity contribution in [2.45, 2.75) is 38.0 Å². The van der Waals surface area contributed by atoms with Crippen LogP contribution in [0, 0.1) is 0 Å². The molecule has 1 aliphatic rings. The van der Waals surface area contributed by atoms with Crippen LogP contribution in [0.4, 0.5) is 0 Å². The third-order valence-electron chi connectivity index (χ3n) is 3.33. The van der Waals surface area contributed by atoms with Crippen molar-refractivity contribution in [1.82, 2.24) is 5.32 Å². The first kappa shape index (κ1) is 11.2. The van der Waals surface area contributed by atoms with Gasteiger partial charge in [0.1, 0.15) is 0 Å². The minimum absolute atomic E-state index is 0.199. The highest BCUT2D eigenvalue weighted by molar-refractivity contribution is 5.91. The molecule has 0 aliphatic heterocycles. The highest BCUT2D eigenvalue weighted by atomic mass is 16.2. The Morgan fingerprint density at radius 2 is 2.00 bits per heavy atom. The van der Waals surface area contributed by atoms with Gasteiger partial charge in [0.2, 0.25) is 5.91 Å². The first-order valence-corrected chi connectivity index (χ1v) is 6.13. The molecule has 1 aromatic rings. The van der Waals surface area contributed by atoms with Crippen LogP contribution in [0.1, 0.15) is 38.2 Å². The van der Waals surface area contributed by atoms with Gasteiger partial charge in [-0.2, -0.15) is 0 Å². The maximum Gasteiger partial charge on any atom is 0.230 e. The minimum Gasteiger partial charge on any atom is -0.355 e. The molecule has 0 aromatic heterocycles. The standard InChI is InChI=1S/C14H19NO/c1-2-3-11-15-13(16)14(9-10-14)12-7-5-4-6-8-12/h4-8H,2-3,9-11H2,1H3,(H,15,16). The molecule has 0 spiro atoms. The van der Waals surface area contributed by atoms with E-state index in [0.717, 1.165) is 32.2 Å². The second-order valence-electron chi connectivity index (χ2n) is 4.56. The third-order valence-corrected chi connectivity index (χ3v) is 3.33. The molecule has 1 amide bonds. The second kappa shape index (κ2) is 4.69. The van der Waals surface area contributed by atoms with E-state index in [-0.39, 0.29) is 11.3 Å². The molecule has 1 aromatic carbocycles. The van der Waals surface area contributed by atoms with Crippen molar-refractivity contribution in [1.29, 1.82) is 0 Å². The SMILES string of the molecule is CCCCNC(=O)C1(c2ccccc2)CC1. The van der Waals surface area contributed by atoms with Crippen molar-refractivity contribution in [2.24, 2.45) is 0 Å². The summed E-state index contributed by atoms with van der Waals surface area (Å²) in [5, 5.41) is 3.05. The average Bonchev–Trinajstić information content (AvgIpc) is 3.12. The van der Waals surface area contributed by atoms with Crippen LogP contribution in [0.5, 0.6) is 0 Å². The molecule has 0 bridgehead atoms. The Morgan fingerprint density at radius 3 is 2.56 bits per heavy atom. The van der Waals surface area contributed by atoms with Crippen molar-refractivity contribution >= 4 is 5.91 Å². The fourth-order valence-electron chi connectivity index (χ4n) is 2.08. The molecule has 2 rings (SSSR count). The Bertz CT molecular complexity index is 354. The summed E-state index contributed by atoms with van der Waals surface area (Å²) in [6.07, 6.45) is 4.18. The van der Waals surface area contributed by atoms with E-state index in [4.69, 9.17) is 0 Å². The number of amides is 1. The van der Waals surface area contributed by atoms with Crippen LogP contribution < -0.4 is 5.32 Å². The lowest BCUT2D eigenvalue weighted by atomic mass is 9.95. The van der Waals surface area contributed by atoms with Crippen LogP contribution in [0.2, 0.25) is 0 Å². The van der Waals surface area contributed by atoms with Gasteiger partial charge in [-0.05, 0) is 24.8 Å². The summed E-state index contributed by atoms with van der Waals surface area (Å²) in [6, 6.07) is 10.1. The number of carbonyl (C=O) groups excluding carboxylic acids is 1. The lowest BCUT2D eigenvalue weighted by Crippen LogP contribution is -2.35. The van der Waals surface area contributed by atoms with Gasteiger partial charge in [0.15, 0.2) is 0 Å². The van der Waals surface area contributed by atoms with Gasteiger partial charge in [0.25, 0.3) is 0 Å². The first-order valence-electron chi connectivity index (χ1n) is 6.13. The normalized spacial score (nSPS) is 16.8. The molecule has 86 valence electrons. The Hall–Kier alpha value is -1.31. The van der Waals surface area contributed by atoms with E-state index in [0.29, 0.717) is 0 Å². The van der Waals surface area contributed by atoms with Crippen molar-refractivity contribution in [3.63, 3.8) is 0 Å². The molecule has 0 radical (unpaired) electrons. The summed E-state index contributed by atoms with van der Waals surface area (Å²) in [6.45, 7) is 2.94. The predicted molar refractivity (Wildman–Crippen MR) is 65.3 cm³/mol. The molecule has 1 aliphatic carbocycles. The molecule has 0 atom stereocenters. The molecule has 0 saturated heterocycles. The summed E-state index contributed by atoms with van der Waals surface area (Å²) in [5.41, 5.74) is 0.971. The van der Waals surface area contributed by atoms with Crippen LogP contribution in [0.25, 0.3) is 0 Å². The number of unbranched alkanes of at least 4 members (excludes halogenated alkanes) is 1. The van der Waals surface area contributed by atoms with E-state index in [2.05, 4.69) is 24.4 Å². The van der Waals surface area contributed by atoms with Crippen LogP contribution in [-0.2, 0) is 10.2 Å². The Kier molecular flexibility index (Phi) is 3.28. The number of benzene rings is 1. The van der Waals surface area contributed by atoms with E-state index in [9.17, 15) is 4.79 Å². The summed E-state index contributed by atoms with van der Waals surface area (Å²) >= 11 is 0. The zero-order chi connectivity index (χ0) is 11.4. The molecule has 0 heterocycles. The zero-order valence-corrected chi connectivity index (χ0v) is 9.83. The number of nitrogens with one attached hydrogen (secondary N) is 1. The van der Waals surface area contributed by atoms with Gasteiger partial charge < -0.3 is 5.32 Å². The van der Waals surface area contributed by atoms with Gasteiger partial charge in [0.05, 0.1) is 5.41 Å². The predicted octanol–water partition coefficient (Wildman–Crippen LogP) is 2.63. The molecular formula is C14H19NO. The van der Waals surface area contributed by atoms with E-state index in [1.165, 1.54) is 5.56 Å². The van der Waals surface area contributed by atoms with E-state index in [1.54, 1.807) is 0 Å². The van der Waals surface area contributed by atoms with Gasteiger partial charge in [-0.15, -0.1) is 0 Å². The molecular weight excluding hydrogens is 198 g/mol. The average molecular weight is 217 g/mol. The minimum atomic E-state index is -0.199. The highest BCUT2D eigenvalue weighted by Gasteiger charge is 2.50. The van der Waals surface area contributed by atoms with Crippen LogP contribution in [0.15, 0.2) is 30.3 Å². The largest absolute Gasteiger partial charge is 0.355 e. The summed E-state index contributed by atoms with van der Waals surface area (Å²) in [4.78, 5) is 12.1. The van der Waals surface area contributed by atoms with Crippen molar-refractivity contribution in [2.75, 3.05) is 6.54 Å². The topological polar surface area (TPSA) is 29.1 Å². The molecule has 1 saturated carbocycles. The monoisotopic (exact) mass is 217 g/mol. The van der Waals surface area contributed by atoms with Crippen molar-refractivity contribution in [3.8, 4) is 0 Å². The highest BCUT2D eigenvalue weighted by Crippen LogP contribution is 2.48. The second-order valence-corrected chi connectivity index (χ2v) is 4.56. The van der Waals surface area contributed by atoms with E-state index >= 15 is 0 Å². The lowest BCUT2D eigenvalue weighted by molar-refractivity contribution is -0.123. The van der Waals surface area contributed by atoms with Crippen LogP contribution in [-0.4, -0.2) is 12.5 Å². The number of hydrogen-bond acceptors (Lipinski definition) is 1. The fourth-order valence-corrected chi connectivity index (χ4v) is 2.08. The van der Waals surface area contributed by atoms with Crippen molar-refractivity contribution < 1.29 is 4.79 Å². The lowest BCUT2D eigenvalue weighted by Gasteiger charge is -2.15. The van der Waals surface area contributed by atoms with Gasteiger partial charge in [-0.1, -0.05) is 43.7 Å². The molecule has 1 fully saturated rings. The van der Waals surface area contributed by atoms with Gasteiger partial charge in [0, 0.05) is 6.54 Å². The maximum absolute atomic E-state index is 12.1. The summed E-state index contributed by atoms with van der Waals surface area (Å²) in [7, 11) is 0. The molecule has 2 heteroatoms. The summed E-state index contributed by atoms with van der Waals surface area (Å²) < 4.78 is 0. The van der Waals surface area contributed by atoms with Gasteiger partial charge in [-0.25, -0.2) is 0 Å². The molecule has 0 unspecified atom stereocenters. The Balaban J connectivity index is 2.00. The number of hydrogen-bond donors (Lipinski definition) is 1. The molecule has 2 nitrogen and oxygen atoms in total. The maximum atomic E-state index is 12.1. The first-order chi connectivity index (χ1) is 7.79. The van der Waals surface area contributed by atoms with Gasteiger partial charge >= 0.3 is 0 Å². The fraction of sp³-hybridized carbons (Fsp3) is 0.500. The molecule has 16 heavy (non-hydrogen) atoms. The summed E-state index contributed by atoms with van der Waals surface area (Å²) in [5.74, 6) is 0.215. The number of rotatable bonds is 5. The smallest absolute Gasteiger partial charge is 0.230 e. The number of carbonyl (C=O) groups is 1. The van der Waals surface area contributed by atoms with Crippen LogP contribution >= 0.6 is 0 Å². The van der Waals surface area contributed by atoms with Crippen molar-refractivity contribution in [3.05, 3.63) is 35.9 Å². The Morgan fingerprint density at radius 1 is 1.31 bits per heavy atom.